The van der Waals surface area contributed by atoms with E-state index in [1.807, 2.05) is 12.1 Å². The summed E-state index contributed by atoms with van der Waals surface area (Å²) < 4.78 is 0. The van der Waals surface area contributed by atoms with Gasteiger partial charge in [-0.25, -0.2) is 0 Å². The van der Waals surface area contributed by atoms with Crippen molar-refractivity contribution in [2.75, 3.05) is 0 Å². The van der Waals surface area contributed by atoms with E-state index >= 15 is 0 Å². The van der Waals surface area contributed by atoms with Crippen LogP contribution < -0.4 is 0 Å². The quantitative estimate of drug-likeness (QED) is 0.296. The monoisotopic (exact) mass is 562 g/mol. The van der Waals surface area contributed by atoms with Crippen LogP contribution in [0.25, 0.3) is 17.2 Å². The van der Waals surface area contributed by atoms with Crippen molar-refractivity contribution < 1.29 is 5.11 Å². The Labute approximate surface area is 258 Å². The summed E-state index contributed by atoms with van der Waals surface area (Å²) in [6, 6.07) is 23.9. The minimum Gasteiger partial charge on any atom is -0.507 e. The van der Waals surface area contributed by atoms with Crippen LogP contribution in [0.4, 0.5) is 0 Å². The van der Waals surface area contributed by atoms with E-state index in [1.54, 1.807) is 0 Å². The summed E-state index contributed by atoms with van der Waals surface area (Å²) in [5, 5.41) is 11.7. The zero-order valence-corrected chi connectivity index (χ0v) is 26.0. The van der Waals surface area contributed by atoms with Crippen LogP contribution in [-0.2, 0) is 12.8 Å². The fourth-order valence-corrected chi connectivity index (χ4v) is 6.29. The number of allylic oxidation sites excluding steroid dienone is 12. The molecule has 1 N–H and O–H groups in total. The molecule has 3 aromatic rings. The highest BCUT2D eigenvalue weighted by atomic mass is 16.3. The number of fused-ring (bicyclic) bond motifs is 1. The summed E-state index contributed by atoms with van der Waals surface area (Å²) >= 11 is 0. The third-order valence-corrected chi connectivity index (χ3v) is 8.73. The van der Waals surface area contributed by atoms with E-state index in [4.69, 9.17) is 0 Å². The molecule has 0 amide bonds. The van der Waals surface area contributed by atoms with Gasteiger partial charge in [0.15, 0.2) is 0 Å². The zero-order valence-electron chi connectivity index (χ0n) is 26.0. The van der Waals surface area contributed by atoms with Crippen LogP contribution >= 0.6 is 0 Å². The molecule has 0 fully saturated rings. The Hall–Kier alpha value is -4.62. The SMILES string of the molecule is C=C/C(C)=C/c1ccc(Cc2ccccc2C(=C2/C=CC=CC2)/C2=C(\C)CCc3ccccc3C(=C)/C(O)=C\2C)cc1C. The third-order valence-electron chi connectivity index (χ3n) is 8.73. The Morgan fingerprint density at radius 1 is 0.930 bits per heavy atom. The molecule has 0 saturated heterocycles. The van der Waals surface area contributed by atoms with Gasteiger partial charge < -0.3 is 5.11 Å². The second-order valence-electron chi connectivity index (χ2n) is 11.8. The Bertz CT molecular complexity index is 1780. The second-order valence-corrected chi connectivity index (χ2v) is 11.8. The Kier molecular flexibility index (Phi) is 9.12. The fourth-order valence-electron chi connectivity index (χ4n) is 6.29. The molecule has 0 unspecified atom stereocenters. The molecule has 0 saturated carbocycles. The van der Waals surface area contributed by atoms with Gasteiger partial charge in [-0.05, 0) is 115 Å². The number of hydrogen-bond donors (Lipinski definition) is 1. The molecule has 1 nitrogen and oxygen atoms in total. The molecule has 0 heterocycles. The smallest absolute Gasteiger partial charge is 0.126 e. The maximum Gasteiger partial charge on any atom is 0.126 e. The van der Waals surface area contributed by atoms with Crippen molar-refractivity contribution >= 4 is 17.2 Å². The van der Waals surface area contributed by atoms with Crippen LogP contribution in [0, 0.1) is 6.92 Å². The van der Waals surface area contributed by atoms with Gasteiger partial charge in [0.2, 0.25) is 0 Å². The molecule has 0 aliphatic heterocycles. The van der Waals surface area contributed by atoms with E-state index in [9.17, 15) is 5.11 Å². The average Bonchev–Trinajstić information content (AvgIpc) is 3.06. The summed E-state index contributed by atoms with van der Waals surface area (Å²) in [6.07, 6.45) is 16.2. The van der Waals surface area contributed by atoms with Gasteiger partial charge in [-0.1, -0.05) is 127 Å². The standard InChI is InChI=1S/C42H42O/c1-7-28(2)25-36-24-22-33(26-30(36)4)27-37-18-12-14-20-39(37)41(35-16-9-8-10-17-35)40-29(3)21-23-34-15-11-13-19-38(34)31(5)42(43)32(40)6/h7-16,18-20,22,24-26,43H,1,5,17,21,23,27H2,2-4,6H3/b28-25+,40-29+,41-35+,42-32+. The molecule has 0 atom stereocenters. The topological polar surface area (TPSA) is 20.2 Å². The van der Waals surface area contributed by atoms with E-state index in [1.165, 1.54) is 50.1 Å². The summed E-state index contributed by atoms with van der Waals surface area (Å²) in [5.74, 6) is 0.267. The third kappa shape index (κ3) is 6.42. The van der Waals surface area contributed by atoms with Crippen molar-refractivity contribution in [1.29, 1.82) is 0 Å². The minimum absolute atomic E-state index is 0.267. The maximum atomic E-state index is 11.7. The highest BCUT2D eigenvalue weighted by Crippen LogP contribution is 2.42. The average molecular weight is 563 g/mol. The lowest BCUT2D eigenvalue weighted by Crippen LogP contribution is -2.06. The fraction of sp³-hybridized carbons (Fsp3) is 0.190. The van der Waals surface area contributed by atoms with Gasteiger partial charge in [0.1, 0.15) is 5.76 Å². The molecule has 0 aromatic heterocycles. The van der Waals surface area contributed by atoms with Gasteiger partial charge in [-0.3, -0.25) is 0 Å². The molecule has 1 heteroatoms. The number of aliphatic hydroxyl groups excluding tert-OH is 1. The number of rotatable bonds is 6. The van der Waals surface area contributed by atoms with Crippen LogP contribution in [0.5, 0.6) is 0 Å². The van der Waals surface area contributed by atoms with E-state index in [-0.39, 0.29) is 5.76 Å². The zero-order chi connectivity index (χ0) is 30.5. The Balaban J connectivity index is 1.67. The molecule has 3 aromatic carbocycles. The number of hydrogen-bond acceptors (Lipinski definition) is 1. The van der Waals surface area contributed by atoms with Crippen molar-refractivity contribution in [2.24, 2.45) is 0 Å². The summed E-state index contributed by atoms with van der Waals surface area (Å²) in [4.78, 5) is 0. The molecule has 5 rings (SSSR count). The van der Waals surface area contributed by atoms with E-state index in [0.29, 0.717) is 5.57 Å². The maximum absolute atomic E-state index is 11.7. The second kappa shape index (κ2) is 13.1. The predicted octanol–water partition coefficient (Wildman–Crippen LogP) is 11.3. The summed E-state index contributed by atoms with van der Waals surface area (Å²) in [7, 11) is 0. The van der Waals surface area contributed by atoms with Gasteiger partial charge in [0.25, 0.3) is 0 Å². The highest BCUT2D eigenvalue weighted by molar-refractivity contribution is 5.91. The highest BCUT2D eigenvalue weighted by Gasteiger charge is 2.24. The van der Waals surface area contributed by atoms with E-state index < -0.39 is 0 Å². The lowest BCUT2D eigenvalue weighted by atomic mass is 9.80. The van der Waals surface area contributed by atoms with Crippen LogP contribution in [0.2, 0.25) is 0 Å². The van der Waals surface area contributed by atoms with Gasteiger partial charge in [-0.15, -0.1) is 0 Å². The van der Waals surface area contributed by atoms with Crippen LogP contribution in [0.3, 0.4) is 0 Å². The van der Waals surface area contributed by atoms with Gasteiger partial charge in [0, 0.05) is 5.57 Å². The van der Waals surface area contributed by atoms with Gasteiger partial charge in [0.05, 0.1) is 0 Å². The lowest BCUT2D eigenvalue weighted by molar-refractivity contribution is 0.432. The van der Waals surface area contributed by atoms with Crippen molar-refractivity contribution in [2.45, 2.75) is 53.4 Å². The minimum atomic E-state index is 0.267. The summed E-state index contributed by atoms with van der Waals surface area (Å²) in [6.45, 7) is 16.8. The van der Waals surface area contributed by atoms with Crippen LogP contribution in [-0.4, -0.2) is 5.11 Å². The van der Waals surface area contributed by atoms with Crippen LogP contribution in [0.15, 0.2) is 144 Å². The van der Waals surface area contributed by atoms with Crippen LogP contribution in [0.1, 0.15) is 72.6 Å². The first-order valence-corrected chi connectivity index (χ1v) is 15.2. The normalized spacial score (nSPS) is 20.3. The first-order valence-electron chi connectivity index (χ1n) is 15.2. The molecule has 43 heavy (non-hydrogen) atoms. The largest absolute Gasteiger partial charge is 0.507 e. The molecule has 0 spiro atoms. The number of aryl methyl sites for hydroxylation is 2. The van der Waals surface area contributed by atoms with Crippen molar-refractivity contribution in [1.82, 2.24) is 0 Å². The lowest BCUT2D eigenvalue weighted by Gasteiger charge is -2.24. The summed E-state index contributed by atoms with van der Waals surface area (Å²) in [5.41, 5.74) is 16.1. The van der Waals surface area contributed by atoms with Crippen molar-refractivity contribution in [3.8, 4) is 0 Å². The Morgan fingerprint density at radius 2 is 1.70 bits per heavy atom. The first-order chi connectivity index (χ1) is 20.8. The number of benzene rings is 3. The Morgan fingerprint density at radius 3 is 2.44 bits per heavy atom. The molecule has 0 bridgehead atoms. The molecule has 2 aliphatic rings. The molecule has 0 radical (unpaired) electrons. The molecular weight excluding hydrogens is 520 g/mol. The molecular formula is C42H42O. The van der Waals surface area contributed by atoms with Gasteiger partial charge in [-0.2, -0.15) is 0 Å². The van der Waals surface area contributed by atoms with Gasteiger partial charge >= 0.3 is 0 Å². The molecule has 2 aliphatic carbocycles. The first kappa shape index (κ1) is 29.9. The number of aliphatic hydroxyl groups is 1. The van der Waals surface area contributed by atoms with E-state index in [2.05, 4.69) is 132 Å². The molecule has 216 valence electrons. The predicted molar refractivity (Wildman–Crippen MR) is 186 cm³/mol. The van der Waals surface area contributed by atoms with E-state index in [0.717, 1.165) is 48.0 Å². The van der Waals surface area contributed by atoms with Crippen molar-refractivity contribution in [3.05, 3.63) is 183 Å². The van der Waals surface area contributed by atoms with Crippen molar-refractivity contribution in [3.63, 3.8) is 0 Å².